The second kappa shape index (κ2) is 10.5. The van der Waals surface area contributed by atoms with Gasteiger partial charge in [-0.1, -0.05) is 64.8 Å². The number of pyridine rings is 1. The van der Waals surface area contributed by atoms with Crippen molar-refractivity contribution in [2.45, 2.75) is 6.92 Å². The monoisotopic (exact) mass is 529 g/mol. The quantitative estimate of drug-likeness (QED) is 0.241. The summed E-state index contributed by atoms with van der Waals surface area (Å²) in [7, 11) is 1.64. The van der Waals surface area contributed by atoms with E-state index in [4.69, 9.17) is 37.4 Å². The molecule has 2 aromatic heterocycles. The van der Waals surface area contributed by atoms with E-state index in [0.717, 1.165) is 28.3 Å². The second-order valence-electron chi connectivity index (χ2n) is 8.23. The van der Waals surface area contributed by atoms with Crippen molar-refractivity contribution in [2.75, 3.05) is 12.4 Å². The fourth-order valence-corrected chi connectivity index (χ4v) is 4.57. The zero-order chi connectivity index (χ0) is 25.9. The van der Waals surface area contributed by atoms with Crippen molar-refractivity contribution in [3.05, 3.63) is 106 Å². The molecule has 8 heteroatoms. The molecule has 0 atom stereocenters. The number of nitrogens with zero attached hydrogens (tertiary/aromatic N) is 2. The lowest BCUT2D eigenvalue weighted by atomic mass is 10.0. The first-order valence-corrected chi connectivity index (χ1v) is 12.1. The Kier molecular flexibility index (Phi) is 6.95. The SMILES string of the molecule is COc1cccc(-c2cccc(-c3ccc(NC(=O)c4c(-c5c(Cl)cccc5Cl)noc4C)cc3)n2)c1. The third kappa shape index (κ3) is 5.07. The van der Waals surface area contributed by atoms with Gasteiger partial charge in [0.05, 0.1) is 28.5 Å². The number of aromatic nitrogens is 2. The smallest absolute Gasteiger partial charge is 0.261 e. The number of rotatable bonds is 6. The molecule has 0 bridgehead atoms. The second-order valence-corrected chi connectivity index (χ2v) is 9.04. The molecule has 2 heterocycles. The Hall–Kier alpha value is -4.13. The number of hydrogen-bond donors (Lipinski definition) is 1. The molecule has 0 saturated carbocycles. The van der Waals surface area contributed by atoms with Crippen molar-refractivity contribution in [1.82, 2.24) is 10.1 Å². The number of benzene rings is 3. The zero-order valence-electron chi connectivity index (χ0n) is 20.0. The van der Waals surface area contributed by atoms with Crippen LogP contribution in [0.4, 0.5) is 5.69 Å². The molecular weight excluding hydrogens is 509 g/mol. The number of carbonyl (C=O) groups is 1. The topological polar surface area (TPSA) is 77.2 Å². The van der Waals surface area contributed by atoms with E-state index in [1.807, 2.05) is 66.7 Å². The van der Waals surface area contributed by atoms with E-state index in [9.17, 15) is 4.79 Å². The number of anilines is 1. The lowest BCUT2D eigenvalue weighted by Crippen LogP contribution is -2.13. The highest BCUT2D eigenvalue weighted by atomic mass is 35.5. The average Bonchev–Trinajstić information content (AvgIpc) is 3.30. The first-order chi connectivity index (χ1) is 17.9. The summed E-state index contributed by atoms with van der Waals surface area (Å²) < 4.78 is 10.6. The van der Waals surface area contributed by atoms with Crippen LogP contribution in [0.15, 0.2) is 89.5 Å². The first-order valence-electron chi connectivity index (χ1n) is 11.4. The summed E-state index contributed by atoms with van der Waals surface area (Å²) in [6.45, 7) is 1.67. The Balaban J connectivity index is 1.38. The Morgan fingerprint density at radius 3 is 2.22 bits per heavy atom. The molecule has 1 N–H and O–H groups in total. The Morgan fingerprint density at radius 2 is 1.51 bits per heavy atom. The molecule has 0 radical (unpaired) electrons. The van der Waals surface area contributed by atoms with Crippen molar-refractivity contribution in [2.24, 2.45) is 0 Å². The van der Waals surface area contributed by atoms with Gasteiger partial charge in [0.25, 0.3) is 5.91 Å². The predicted molar refractivity (Wildman–Crippen MR) is 146 cm³/mol. The summed E-state index contributed by atoms with van der Waals surface area (Å²) in [6, 6.07) is 26.2. The highest BCUT2D eigenvalue weighted by Gasteiger charge is 2.25. The molecule has 3 aromatic carbocycles. The average molecular weight is 530 g/mol. The van der Waals surface area contributed by atoms with Gasteiger partial charge in [0, 0.05) is 22.4 Å². The van der Waals surface area contributed by atoms with Crippen molar-refractivity contribution in [3.8, 4) is 39.5 Å². The van der Waals surface area contributed by atoms with Crippen LogP contribution >= 0.6 is 23.2 Å². The number of carbonyl (C=O) groups excluding carboxylic acids is 1. The van der Waals surface area contributed by atoms with Crippen LogP contribution in [0, 0.1) is 6.92 Å². The van der Waals surface area contributed by atoms with E-state index in [1.54, 1.807) is 32.2 Å². The maximum atomic E-state index is 13.2. The molecule has 0 aliphatic carbocycles. The summed E-state index contributed by atoms with van der Waals surface area (Å²) >= 11 is 12.7. The largest absolute Gasteiger partial charge is 0.497 e. The van der Waals surface area contributed by atoms with Crippen molar-refractivity contribution >= 4 is 34.8 Å². The number of hydrogen-bond acceptors (Lipinski definition) is 5. The Labute approximate surface area is 223 Å². The molecule has 37 heavy (non-hydrogen) atoms. The maximum absolute atomic E-state index is 13.2. The minimum atomic E-state index is -0.379. The van der Waals surface area contributed by atoms with Crippen molar-refractivity contribution in [3.63, 3.8) is 0 Å². The highest BCUT2D eigenvalue weighted by molar-refractivity contribution is 6.39. The highest BCUT2D eigenvalue weighted by Crippen LogP contribution is 2.37. The molecule has 184 valence electrons. The molecule has 0 aliphatic rings. The molecule has 0 spiro atoms. The number of ether oxygens (including phenoxy) is 1. The van der Waals surface area contributed by atoms with Gasteiger partial charge >= 0.3 is 0 Å². The Bertz CT molecular complexity index is 1580. The Morgan fingerprint density at radius 1 is 0.865 bits per heavy atom. The van der Waals surface area contributed by atoms with Gasteiger partial charge in [-0.3, -0.25) is 4.79 Å². The minimum Gasteiger partial charge on any atom is -0.497 e. The van der Waals surface area contributed by atoms with E-state index >= 15 is 0 Å². The van der Waals surface area contributed by atoms with Gasteiger partial charge in [-0.2, -0.15) is 0 Å². The predicted octanol–water partition coefficient (Wildman–Crippen LogP) is 7.95. The number of nitrogens with one attached hydrogen (secondary N) is 1. The van der Waals surface area contributed by atoms with Crippen LogP contribution in [0.25, 0.3) is 33.8 Å². The fourth-order valence-electron chi connectivity index (χ4n) is 3.99. The van der Waals surface area contributed by atoms with Gasteiger partial charge < -0.3 is 14.6 Å². The maximum Gasteiger partial charge on any atom is 0.261 e. The minimum absolute atomic E-state index is 0.270. The van der Waals surface area contributed by atoms with Crippen LogP contribution in [0.5, 0.6) is 5.75 Å². The normalized spacial score (nSPS) is 10.8. The van der Waals surface area contributed by atoms with Crippen LogP contribution in [-0.2, 0) is 0 Å². The summed E-state index contributed by atoms with van der Waals surface area (Å²) in [4.78, 5) is 18.0. The molecule has 5 rings (SSSR count). The van der Waals surface area contributed by atoms with Gasteiger partial charge in [-0.05, 0) is 55.5 Å². The number of halogens is 2. The van der Waals surface area contributed by atoms with Crippen LogP contribution in [0.2, 0.25) is 10.0 Å². The number of aryl methyl sites for hydroxylation is 1. The molecule has 0 unspecified atom stereocenters. The van der Waals surface area contributed by atoms with Gasteiger partial charge in [0.2, 0.25) is 0 Å². The molecule has 0 aliphatic heterocycles. The van der Waals surface area contributed by atoms with E-state index in [-0.39, 0.29) is 11.5 Å². The third-order valence-corrected chi connectivity index (χ3v) is 6.47. The summed E-state index contributed by atoms with van der Waals surface area (Å²) in [6.07, 6.45) is 0. The molecule has 0 saturated heterocycles. The summed E-state index contributed by atoms with van der Waals surface area (Å²) in [5.74, 6) is 0.752. The van der Waals surface area contributed by atoms with E-state index < -0.39 is 0 Å². The number of amides is 1. The first kappa shape index (κ1) is 24.6. The van der Waals surface area contributed by atoms with Crippen molar-refractivity contribution in [1.29, 1.82) is 0 Å². The van der Waals surface area contributed by atoms with Crippen LogP contribution in [-0.4, -0.2) is 23.2 Å². The van der Waals surface area contributed by atoms with Crippen molar-refractivity contribution < 1.29 is 14.1 Å². The molecule has 1 amide bonds. The van der Waals surface area contributed by atoms with Gasteiger partial charge in [-0.25, -0.2) is 4.98 Å². The van der Waals surface area contributed by atoms with Gasteiger partial charge in [0.15, 0.2) is 0 Å². The number of methoxy groups -OCH3 is 1. The fraction of sp³-hybridized carbons (Fsp3) is 0.0690. The molecular formula is C29H21Cl2N3O3. The van der Waals surface area contributed by atoms with E-state index in [1.165, 1.54) is 0 Å². The summed E-state index contributed by atoms with van der Waals surface area (Å²) in [5, 5.41) is 7.71. The van der Waals surface area contributed by atoms with Crippen LogP contribution < -0.4 is 10.1 Å². The van der Waals surface area contributed by atoms with Gasteiger partial charge in [0.1, 0.15) is 22.8 Å². The third-order valence-electron chi connectivity index (χ3n) is 5.84. The lowest BCUT2D eigenvalue weighted by Gasteiger charge is -2.09. The zero-order valence-corrected chi connectivity index (χ0v) is 21.5. The van der Waals surface area contributed by atoms with E-state index in [2.05, 4.69) is 10.5 Å². The summed E-state index contributed by atoms with van der Waals surface area (Å²) in [5.41, 5.74) is 5.13. The van der Waals surface area contributed by atoms with Crippen LogP contribution in [0.3, 0.4) is 0 Å². The van der Waals surface area contributed by atoms with Crippen LogP contribution in [0.1, 0.15) is 16.1 Å². The lowest BCUT2D eigenvalue weighted by molar-refractivity contribution is 0.102. The standard InChI is InChI=1S/C29H21Cl2N3O3/c1-17-26(28(34-37-17)27-22(30)8-4-9-23(27)31)29(35)32-20-14-12-18(13-15-20)24-10-5-11-25(33-24)19-6-3-7-21(16-19)36-2/h3-16H,1-2H3,(H,32,35). The molecule has 6 nitrogen and oxygen atoms in total. The molecule has 0 fully saturated rings. The molecule has 5 aromatic rings. The van der Waals surface area contributed by atoms with Gasteiger partial charge in [-0.15, -0.1) is 0 Å². The van der Waals surface area contributed by atoms with E-state index in [0.29, 0.717) is 32.8 Å².